The molecule has 0 aliphatic carbocycles. The maximum Gasteiger partial charge on any atom is 0.231 e. The summed E-state index contributed by atoms with van der Waals surface area (Å²) in [6.45, 7) is 4.71. The molecule has 2 N–H and O–H groups in total. The van der Waals surface area contributed by atoms with Crippen LogP contribution in [0.3, 0.4) is 0 Å². The average Bonchev–Trinajstić information content (AvgIpc) is 2.80. The quantitative estimate of drug-likeness (QED) is 0.942. The third-order valence-corrected chi connectivity index (χ3v) is 3.45. The highest BCUT2D eigenvalue weighted by Gasteiger charge is 2.21. The second-order valence-electron chi connectivity index (χ2n) is 4.55. The van der Waals surface area contributed by atoms with Crippen LogP contribution in [0.1, 0.15) is 25.7 Å². The molecule has 2 aromatic rings. The highest BCUT2D eigenvalue weighted by atomic mass is 79.9. The van der Waals surface area contributed by atoms with Gasteiger partial charge < -0.3 is 10.3 Å². The molecule has 2 rings (SSSR count). The minimum absolute atomic E-state index is 0.113. The number of rotatable bonds is 4. The fraction of sp³-hybridized carbons (Fsp3) is 0.385. The number of benzene rings is 1. The monoisotopic (exact) mass is 309 g/mol. The topological polar surface area (TPSA) is 64.9 Å². The Kier molecular flexibility index (Phi) is 4.14. The molecule has 0 spiro atoms. The van der Waals surface area contributed by atoms with E-state index in [4.69, 9.17) is 10.3 Å². The molecule has 0 radical (unpaired) electrons. The van der Waals surface area contributed by atoms with E-state index in [0.717, 1.165) is 10.0 Å². The van der Waals surface area contributed by atoms with Gasteiger partial charge in [0.1, 0.15) is 0 Å². The second-order valence-corrected chi connectivity index (χ2v) is 5.47. The lowest BCUT2D eigenvalue weighted by Gasteiger charge is -2.13. The van der Waals surface area contributed by atoms with Crippen molar-refractivity contribution in [3.63, 3.8) is 0 Å². The van der Waals surface area contributed by atoms with Crippen LogP contribution in [-0.2, 0) is 0 Å². The molecule has 0 aliphatic rings. The van der Waals surface area contributed by atoms with Crippen molar-refractivity contribution in [1.29, 1.82) is 0 Å². The van der Waals surface area contributed by atoms with Gasteiger partial charge in [-0.05, 0) is 30.2 Å². The first-order valence-corrected chi connectivity index (χ1v) is 6.70. The van der Waals surface area contributed by atoms with E-state index in [-0.39, 0.29) is 5.92 Å². The number of nitrogens with two attached hydrogens (primary N) is 1. The number of nitrogens with zero attached hydrogens (tertiary/aromatic N) is 2. The van der Waals surface area contributed by atoms with Crippen molar-refractivity contribution in [1.82, 2.24) is 10.1 Å². The molecule has 4 nitrogen and oxygen atoms in total. The lowest BCUT2D eigenvalue weighted by Crippen LogP contribution is -2.18. The van der Waals surface area contributed by atoms with Crippen molar-refractivity contribution < 1.29 is 4.52 Å². The van der Waals surface area contributed by atoms with Crippen LogP contribution in [0.2, 0.25) is 0 Å². The standard InChI is InChI=1S/C13H16BrN3O/c1-8(2)11(7-15)13-16-12(17-18-13)9-3-5-10(14)6-4-9/h3-6,8,11H,7,15H2,1-2H3. The number of hydrogen-bond donors (Lipinski definition) is 1. The van der Waals surface area contributed by atoms with Crippen LogP contribution in [0, 0.1) is 5.92 Å². The molecule has 0 bridgehead atoms. The van der Waals surface area contributed by atoms with Crippen LogP contribution in [0.4, 0.5) is 0 Å². The van der Waals surface area contributed by atoms with Gasteiger partial charge in [-0.3, -0.25) is 0 Å². The summed E-state index contributed by atoms with van der Waals surface area (Å²) in [6, 6.07) is 7.81. The van der Waals surface area contributed by atoms with E-state index in [1.54, 1.807) is 0 Å². The van der Waals surface area contributed by atoms with Crippen LogP contribution < -0.4 is 5.73 Å². The first kappa shape index (κ1) is 13.2. The van der Waals surface area contributed by atoms with Crippen LogP contribution in [0.5, 0.6) is 0 Å². The summed E-state index contributed by atoms with van der Waals surface area (Å²) < 4.78 is 6.34. The summed E-state index contributed by atoms with van der Waals surface area (Å²) in [7, 11) is 0. The largest absolute Gasteiger partial charge is 0.339 e. The molecule has 5 heteroatoms. The molecule has 1 atom stereocenters. The molecule has 1 aromatic heterocycles. The van der Waals surface area contributed by atoms with Gasteiger partial charge in [0.2, 0.25) is 11.7 Å². The van der Waals surface area contributed by atoms with Gasteiger partial charge in [0.15, 0.2) is 0 Å². The van der Waals surface area contributed by atoms with E-state index in [0.29, 0.717) is 24.2 Å². The van der Waals surface area contributed by atoms with Gasteiger partial charge in [0.05, 0.1) is 5.92 Å². The third kappa shape index (κ3) is 2.79. The summed E-state index contributed by atoms with van der Waals surface area (Å²) >= 11 is 3.40. The van der Waals surface area contributed by atoms with Crippen molar-refractivity contribution in [2.75, 3.05) is 6.54 Å². The molecule has 18 heavy (non-hydrogen) atoms. The van der Waals surface area contributed by atoms with E-state index in [9.17, 15) is 0 Å². The zero-order valence-corrected chi connectivity index (χ0v) is 12.0. The van der Waals surface area contributed by atoms with Gasteiger partial charge in [-0.25, -0.2) is 0 Å². The molecule has 0 amide bonds. The van der Waals surface area contributed by atoms with Gasteiger partial charge in [-0.1, -0.05) is 34.9 Å². The van der Waals surface area contributed by atoms with E-state index in [1.807, 2.05) is 24.3 Å². The first-order valence-electron chi connectivity index (χ1n) is 5.91. The van der Waals surface area contributed by atoms with Crippen LogP contribution in [-0.4, -0.2) is 16.7 Å². The predicted molar refractivity (Wildman–Crippen MR) is 74.1 cm³/mol. The third-order valence-electron chi connectivity index (χ3n) is 2.92. The summed E-state index contributed by atoms with van der Waals surface area (Å²) in [6.07, 6.45) is 0. The Bertz CT molecular complexity index is 507. The molecule has 0 fully saturated rings. The normalized spacial score (nSPS) is 12.9. The zero-order valence-electron chi connectivity index (χ0n) is 10.4. The molecule has 1 aromatic carbocycles. The van der Waals surface area contributed by atoms with Crippen LogP contribution >= 0.6 is 15.9 Å². The maximum absolute atomic E-state index is 5.74. The van der Waals surface area contributed by atoms with E-state index in [2.05, 4.69) is 39.9 Å². The van der Waals surface area contributed by atoms with Crippen molar-refractivity contribution in [2.45, 2.75) is 19.8 Å². The molecule has 0 saturated carbocycles. The molecular weight excluding hydrogens is 294 g/mol. The van der Waals surface area contributed by atoms with Crippen LogP contribution in [0.25, 0.3) is 11.4 Å². The second kappa shape index (κ2) is 5.63. The van der Waals surface area contributed by atoms with Gasteiger partial charge in [0, 0.05) is 16.6 Å². The first-order chi connectivity index (χ1) is 8.61. The highest BCUT2D eigenvalue weighted by molar-refractivity contribution is 9.10. The van der Waals surface area contributed by atoms with Crippen LogP contribution in [0.15, 0.2) is 33.3 Å². The van der Waals surface area contributed by atoms with Crippen molar-refractivity contribution in [2.24, 2.45) is 11.7 Å². The van der Waals surface area contributed by atoms with E-state index >= 15 is 0 Å². The van der Waals surface area contributed by atoms with E-state index in [1.165, 1.54) is 0 Å². The van der Waals surface area contributed by atoms with E-state index < -0.39 is 0 Å². The Hall–Kier alpha value is -1.20. The average molecular weight is 310 g/mol. The summed E-state index contributed by atoms with van der Waals surface area (Å²) in [4.78, 5) is 4.43. The highest BCUT2D eigenvalue weighted by Crippen LogP contribution is 2.25. The Morgan fingerprint density at radius 1 is 1.28 bits per heavy atom. The fourth-order valence-electron chi connectivity index (χ4n) is 1.76. The molecule has 1 heterocycles. The number of halogens is 1. The number of hydrogen-bond acceptors (Lipinski definition) is 4. The minimum atomic E-state index is 0.113. The Morgan fingerprint density at radius 3 is 2.50 bits per heavy atom. The minimum Gasteiger partial charge on any atom is -0.339 e. The predicted octanol–water partition coefficient (Wildman–Crippen LogP) is 3.20. The zero-order chi connectivity index (χ0) is 13.1. The van der Waals surface area contributed by atoms with Gasteiger partial charge in [-0.2, -0.15) is 4.98 Å². The molecule has 96 valence electrons. The molecular formula is C13H16BrN3O. The molecule has 1 unspecified atom stereocenters. The summed E-state index contributed by atoms with van der Waals surface area (Å²) in [5, 5.41) is 4.01. The van der Waals surface area contributed by atoms with Crippen molar-refractivity contribution in [3.8, 4) is 11.4 Å². The van der Waals surface area contributed by atoms with Gasteiger partial charge >= 0.3 is 0 Å². The van der Waals surface area contributed by atoms with Gasteiger partial charge in [-0.15, -0.1) is 0 Å². The number of aromatic nitrogens is 2. The van der Waals surface area contributed by atoms with Gasteiger partial charge in [0.25, 0.3) is 0 Å². The Labute approximate surface area is 115 Å². The SMILES string of the molecule is CC(C)C(CN)c1nc(-c2ccc(Br)cc2)no1. The van der Waals surface area contributed by atoms with Crippen molar-refractivity contribution >= 4 is 15.9 Å². The Morgan fingerprint density at radius 2 is 1.94 bits per heavy atom. The smallest absolute Gasteiger partial charge is 0.231 e. The maximum atomic E-state index is 5.74. The lowest BCUT2D eigenvalue weighted by atomic mass is 9.96. The van der Waals surface area contributed by atoms with Crippen molar-refractivity contribution in [3.05, 3.63) is 34.6 Å². The molecule has 0 aliphatic heterocycles. The summed E-state index contributed by atoms with van der Waals surface area (Å²) in [5.41, 5.74) is 6.68. The Balaban J connectivity index is 2.27. The summed E-state index contributed by atoms with van der Waals surface area (Å²) in [5.74, 6) is 1.72. The lowest BCUT2D eigenvalue weighted by molar-refractivity contribution is 0.324. The fourth-order valence-corrected chi connectivity index (χ4v) is 2.02. The molecule has 0 saturated heterocycles.